The highest BCUT2D eigenvalue weighted by Gasteiger charge is 1.99. The first-order valence-corrected chi connectivity index (χ1v) is 7.12. The van der Waals surface area contributed by atoms with Gasteiger partial charge in [-0.1, -0.05) is 46.5 Å². The third-order valence-corrected chi connectivity index (χ3v) is 2.95. The standard InChI is InChI=1S/C12H12BBr.C3H9N/c13-7-6-9-2-1-3-10-8-11(14)4-5-12(9)10;1-4(2)3/h1-5,8H,6-7,13H2;1-3H3. The normalized spacial score (nSPS) is 10.3. The fourth-order valence-electron chi connectivity index (χ4n) is 1.81. The Labute approximate surface area is 120 Å². The number of halogens is 1. The van der Waals surface area contributed by atoms with Crippen molar-refractivity contribution in [2.24, 2.45) is 0 Å². The molecule has 0 amide bonds. The molecule has 0 spiro atoms. The first kappa shape index (κ1) is 15.3. The number of hydrogen-bond acceptors (Lipinski definition) is 1. The maximum atomic E-state index is 3.50. The largest absolute Gasteiger partial charge is 0.312 e. The van der Waals surface area contributed by atoms with Crippen molar-refractivity contribution in [1.29, 1.82) is 0 Å². The molecule has 0 fully saturated rings. The molecule has 0 bridgehead atoms. The number of aryl methyl sites for hydroxylation is 1. The highest BCUT2D eigenvalue weighted by atomic mass is 79.9. The molecule has 3 heteroatoms. The summed E-state index contributed by atoms with van der Waals surface area (Å²) >= 11 is 3.50. The summed E-state index contributed by atoms with van der Waals surface area (Å²) in [7, 11) is 8.22. The second kappa shape index (κ2) is 7.60. The second-order valence-corrected chi connectivity index (χ2v) is 5.79. The smallest absolute Gasteiger partial charge is 0.101 e. The van der Waals surface area contributed by atoms with E-state index in [2.05, 4.69) is 60.2 Å². The molecule has 0 heterocycles. The Morgan fingerprint density at radius 2 is 1.78 bits per heavy atom. The van der Waals surface area contributed by atoms with Crippen molar-refractivity contribution in [2.75, 3.05) is 21.1 Å². The molecule has 1 nitrogen and oxygen atoms in total. The fraction of sp³-hybridized carbons (Fsp3) is 0.333. The molecule has 0 aliphatic rings. The van der Waals surface area contributed by atoms with Gasteiger partial charge in [-0.25, -0.2) is 0 Å². The summed E-state index contributed by atoms with van der Waals surface area (Å²) in [6.45, 7) is 0. The summed E-state index contributed by atoms with van der Waals surface area (Å²) in [5.41, 5.74) is 1.46. The molecule has 2 aromatic carbocycles. The van der Waals surface area contributed by atoms with Crippen molar-refractivity contribution < 1.29 is 0 Å². The molecule has 96 valence electrons. The maximum absolute atomic E-state index is 3.50. The number of nitrogens with zero attached hydrogens (tertiary/aromatic N) is 1. The van der Waals surface area contributed by atoms with Gasteiger partial charge < -0.3 is 4.90 Å². The van der Waals surface area contributed by atoms with Gasteiger partial charge in [0.25, 0.3) is 0 Å². The van der Waals surface area contributed by atoms with Crippen LogP contribution in [0.1, 0.15) is 5.56 Å². The van der Waals surface area contributed by atoms with Gasteiger partial charge in [-0.2, -0.15) is 0 Å². The van der Waals surface area contributed by atoms with Crippen molar-refractivity contribution in [3.63, 3.8) is 0 Å². The Bertz CT molecular complexity index is 494. The van der Waals surface area contributed by atoms with E-state index in [0.29, 0.717) is 0 Å². The monoisotopic (exact) mass is 305 g/mol. The number of rotatable bonds is 2. The van der Waals surface area contributed by atoms with Gasteiger partial charge in [-0.3, -0.25) is 0 Å². The fourth-order valence-corrected chi connectivity index (χ4v) is 2.19. The lowest BCUT2D eigenvalue weighted by Crippen LogP contribution is -1.99. The first-order valence-electron chi connectivity index (χ1n) is 6.32. The van der Waals surface area contributed by atoms with Crippen molar-refractivity contribution in [1.82, 2.24) is 4.90 Å². The van der Waals surface area contributed by atoms with Crippen LogP contribution in [0.3, 0.4) is 0 Å². The predicted octanol–water partition coefficient (Wildman–Crippen LogP) is 3.37. The molecule has 0 saturated carbocycles. The van der Waals surface area contributed by atoms with Crippen LogP contribution in [0.4, 0.5) is 0 Å². The van der Waals surface area contributed by atoms with Gasteiger partial charge in [0.1, 0.15) is 7.85 Å². The van der Waals surface area contributed by atoms with Crippen LogP contribution in [-0.2, 0) is 6.42 Å². The first-order chi connectivity index (χ1) is 8.54. The average Bonchev–Trinajstić information content (AvgIpc) is 2.28. The van der Waals surface area contributed by atoms with Crippen LogP contribution in [0.5, 0.6) is 0 Å². The SMILES string of the molecule is BCCc1cccc2cc(Br)ccc12.CN(C)C. The molecular weight excluding hydrogens is 285 g/mol. The van der Waals surface area contributed by atoms with Crippen molar-refractivity contribution >= 4 is 34.5 Å². The van der Waals surface area contributed by atoms with E-state index in [-0.39, 0.29) is 0 Å². The van der Waals surface area contributed by atoms with E-state index in [1.54, 1.807) is 0 Å². The quantitative estimate of drug-likeness (QED) is 0.769. The molecule has 0 aromatic heterocycles. The zero-order valence-corrected chi connectivity index (χ0v) is 13.3. The predicted molar refractivity (Wildman–Crippen MR) is 88.3 cm³/mol. The summed E-state index contributed by atoms with van der Waals surface area (Å²) in [6.07, 6.45) is 2.37. The van der Waals surface area contributed by atoms with E-state index >= 15 is 0 Å². The van der Waals surface area contributed by atoms with E-state index in [9.17, 15) is 0 Å². The maximum Gasteiger partial charge on any atom is 0.101 e. The minimum Gasteiger partial charge on any atom is -0.312 e. The zero-order chi connectivity index (χ0) is 13.5. The van der Waals surface area contributed by atoms with Gasteiger partial charge in [0.15, 0.2) is 0 Å². The van der Waals surface area contributed by atoms with Crippen LogP contribution in [0.15, 0.2) is 40.9 Å². The molecule has 2 rings (SSSR count). The summed E-state index contributed by atoms with van der Waals surface area (Å²) in [5.74, 6) is 0. The number of benzene rings is 2. The van der Waals surface area contributed by atoms with Crippen molar-refractivity contribution in [2.45, 2.75) is 12.7 Å². The summed E-state index contributed by atoms with van der Waals surface area (Å²) in [4.78, 5) is 2.00. The van der Waals surface area contributed by atoms with Crippen LogP contribution in [0.2, 0.25) is 6.32 Å². The van der Waals surface area contributed by atoms with Gasteiger partial charge in [0.2, 0.25) is 0 Å². The van der Waals surface area contributed by atoms with E-state index in [1.165, 1.54) is 29.1 Å². The lowest BCUT2D eigenvalue weighted by atomic mass is 9.94. The van der Waals surface area contributed by atoms with E-state index in [1.807, 2.05) is 26.0 Å². The van der Waals surface area contributed by atoms with Gasteiger partial charge in [0, 0.05) is 4.47 Å². The van der Waals surface area contributed by atoms with Crippen molar-refractivity contribution in [3.05, 3.63) is 46.4 Å². The van der Waals surface area contributed by atoms with Crippen LogP contribution >= 0.6 is 15.9 Å². The summed E-state index contributed by atoms with van der Waals surface area (Å²) in [5, 5.41) is 2.71. The molecule has 18 heavy (non-hydrogen) atoms. The third kappa shape index (κ3) is 4.83. The Morgan fingerprint density at radius 1 is 1.11 bits per heavy atom. The molecule has 0 radical (unpaired) electrons. The molecule has 0 saturated heterocycles. The Hall–Kier alpha value is -0.795. The summed E-state index contributed by atoms with van der Waals surface area (Å²) < 4.78 is 1.15. The summed E-state index contributed by atoms with van der Waals surface area (Å²) in [6, 6.07) is 13.0. The minimum absolute atomic E-state index is 1.15. The topological polar surface area (TPSA) is 3.24 Å². The van der Waals surface area contributed by atoms with E-state index in [0.717, 1.165) is 4.47 Å². The Morgan fingerprint density at radius 3 is 2.39 bits per heavy atom. The van der Waals surface area contributed by atoms with Crippen LogP contribution in [0.25, 0.3) is 10.8 Å². The lowest BCUT2D eigenvalue weighted by molar-refractivity contribution is 0.505. The molecule has 0 N–H and O–H groups in total. The molecule has 2 aromatic rings. The third-order valence-electron chi connectivity index (χ3n) is 2.45. The molecule has 0 unspecified atom stereocenters. The van der Waals surface area contributed by atoms with Gasteiger partial charge in [0.05, 0.1) is 0 Å². The van der Waals surface area contributed by atoms with Crippen LogP contribution in [-0.4, -0.2) is 33.9 Å². The van der Waals surface area contributed by atoms with E-state index in [4.69, 9.17) is 0 Å². The number of hydrogen-bond donors (Lipinski definition) is 0. The zero-order valence-electron chi connectivity index (χ0n) is 11.7. The van der Waals surface area contributed by atoms with Crippen LogP contribution in [0, 0.1) is 0 Å². The minimum atomic E-state index is 1.15. The molecular formula is C15H21BBrN. The van der Waals surface area contributed by atoms with Crippen LogP contribution < -0.4 is 0 Å². The average molecular weight is 306 g/mol. The number of fused-ring (bicyclic) bond motifs is 1. The van der Waals surface area contributed by atoms with Crippen molar-refractivity contribution in [3.8, 4) is 0 Å². The van der Waals surface area contributed by atoms with E-state index < -0.39 is 0 Å². The van der Waals surface area contributed by atoms with Gasteiger partial charge >= 0.3 is 0 Å². The van der Waals surface area contributed by atoms with Gasteiger partial charge in [-0.05, 0) is 56.0 Å². The second-order valence-electron chi connectivity index (χ2n) is 4.87. The molecule has 0 aliphatic heterocycles. The highest BCUT2D eigenvalue weighted by molar-refractivity contribution is 9.10. The Kier molecular flexibility index (Phi) is 6.44. The molecule has 0 atom stereocenters. The Balaban J connectivity index is 0.000000357. The van der Waals surface area contributed by atoms with Gasteiger partial charge in [-0.15, -0.1) is 0 Å². The molecule has 0 aliphatic carbocycles. The highest BCUT2D eigenvalue weighted by Crippen LogP contribution is 2.23. The lowest BCUT2D eigenvalue weighted by Gasteiger charge is -2.05.